The molecule has 0 bridgehead atoms. The predicted molar refractivity (Wildman–Crippen MR) is 98.1 cm³/mol. The number of fused-ring (bicyclic) bond motifs is 3. The van der Waals surface area contributed by atoms with Crippen molar-refractivity contribution in [2.24, 2.45) is 5.73 Å². The van der Waals surface area contributed by atoms with Crippen molar-refractivity contribution in [1.82, 2.24) is 4.90 Å². The number of nitrogens with zero attached hydrogens (tertiary/aromatic N) is 2. The Bertz CT molecular complexity index is 933. The third kappa shape index (κ3) is 3.14. The van der Waals surface area contributed by atoms with Crippen LogP contribution >= 0.6 is 0 Å². The molecule has 0 spiro atoms. The fourth-order valence-electron chi connectivity index (χ4n) is 4.11. The summed E-state index contributed by atoms with van der Waals surface area (Å²) < 4.78 is 19.8. The summed E-state index contributed by atoms with van der Waals surface area (Å²) in [7, 11) is 0. The first-order chi connectivity index (χ1) is 13.8. The molecule has 3 amide bonds. The topological polar surface area (TPSA) is 133 Å². The van der Waals surface area contributed by atoms with Crippen LogP contribution in [0.4, 0.5) is 14.9 Å². The lowest BCUT2D eigenvalue weighted by atomic mass is 9.95. The van der Waals surface area contributed by atoms with Gasteiger partial charge < -0.3 is 25.6 Å². The van der Waals surface area contributed by atoms with Crippen LogP contribution in [0.2, 0.25) is 0 Å². The number of hydrogen-bond donors (Lipinski definition) is 3. The number of amides is 3. The highest BCUT2D eigenvalue weighted by Crippen LogP contribution is 2.41. The van der Waals surface area contributed by atoms with Gasteiger partial charge in [-0.2, -0.15) is 0 Å². The molecule has 10 heteroatoms. The fraction of sp³-hybridized carbons (Fsp3) is 0.421. The Kier molecular flexibility index (Phi) is 4.75. The van der Waals surface area contributed by atoms with Crippen molar-refractivity contribution in [2.45, 2.75) is 31.1 Å². The summed E-state index contributed by atoms with van der Waals surface area (Å²) in [5.74, 6) is -1.85. The molecule has 154 valence electrons. The summed E-state index contributed by atoms with van der Waals surface area (Å²) in [5, 5.41) is 18.4. The fourth-order valence-corrected chi connectivity index (χ4v) is 4.11. The molecule has 1 saturated heterocycles. The Hall–Kier alpha value is -2.98. The molecule has 3 aliphatic heterocycles. The van der Waals surface area contributed by atoms with Crippen LogP contribution in [0.25, 0.3) is 5.57 Å². The Morgan fingerprint density at radius 3 is 2.76 bits per heavy atom. The number of primary amides is 1. The van der Waals surface area contributed by atoms with Crippen LogP contribution in [0.1, 0.15) is 17.5 Å². The summed E-state index contributed by atoms with van der Waals surface area (Å²) in [6.45, 7) is -0.187. The lowest BCUT2D eigenvalue weighted by Crippen LogP contribution is -2.42. The van der Waals surface area contributed by atoms with E-state index >= 15 is 0 Å². The number of halogens is 1. The summed E-state index contributed by atoms with van der Waals surface area (Å²) in [4.78, 5) is 38.2. The molecule has 4 rings (SSSR count). The largest absolute Gasteiger partial charge is 0.433 e. The zero-order valence-corrected chi connectivity index (χ0v) is 15.4. The van der Waals surface area contributed by atoms with Crippen molar-refractivity contribution >= 4 is 29.2 Å². The molecule has 4 N–H and O–H groups in total. The third-order valence-corrected chi connectivity index (χ3v) is 5.57. The third-order valence-electron chi connectivity index (χ3n) is 5.57. The van der Waals surface area contributed by atoms with Gasteiger partial charge in [-0.15, -0.1) is 0 Å². The van der Waals surface area contributed by atoms with Gasteiger partial charge in [0.1, 0.15) is 5.82 Å². The smallest absolute Gasteiger partial charge is 0.415 e. The molecule has 1 fully saturated rings. The van der Waals surface area contributed by atoms with Crippen molar-refractivity contribution in [3.63, 3.8) is 0 Å². The average molecular weight is 405 g/mol. The van der Waals surface area contributed by atoms with E-state index in [4.69, 9.17) is 15.6 Å². The minimum absolute atomic E-state index is 0.187. The van der Waals surface area contributed by atoms with Crippen LogP contribution in [0.15, 0.2) is 18.2 Å². The van der Waals surface area contributed by atoms with Crippen LogP contribution in [0.3, 0.4) is 0 Å². The second kappa shape index (κ2) is 7.12. The van der Waals surface area contributed by atoms with E-state index in [-0.39, 0.29) is 13.1 Å². The van der Waals surface area contributed by atoms with Crippen molar-refractivity contribution < 1.29 is 33.7 Å². The molecule has 29 heavy (non-hydrogen) atoms. The van der Waals surface area contributed by atoms with Gasteiger partial charge in [0.2, 0.25) is 6.10 Å². The van der Waals surface area contributed by atoms with E-state index in [1.54, 1.807) is 12.1 Å². The van der Waals surface area contributed by atoms with E-state index in [1.807, 2.05) is 0 Å². The maximum atomic E-state index is 14.8. The van der Waals surface area contributed by atoms with Gasteiger partial charge in [-0.3, -0.25) is 14.5 Å². The number of nitrogens with two attached hydrogens (primary N) is 1. The Balaban J connectivity index is 1.58. The second-order valence-corrected chi connectivity index (χ2v) is 7.27. The number of ether oxygens (including phenoxy) is 1. The maximum absolute atomic E-state index is 14.8. The number of carbonyl (C=O) groups excluding carboxylic acids is 3. The highest BCUT2D eigenvalue weighted by atomic mass is 19.1. The first-order valence-electron chi connectivity index (χ1n) is 9.20. The summed E-state index contributed by atoms with van der Waals surface area (Å²) in [6, 6.07) is 2.32. The van der Waals surface area contributed by atoms with Crippen LogP contribution < -0.4 is 10.6 Å². The minimum atomic E-state index is -1.46. The van der Waals surface area contributed by atoms with Gasteiger partial charge in [-0.25, -0.2) is 9.18 Å². The number of carbonyl (C=O) groups is 3. The van der Waals surface area contributed by atoms with Crippen LogP contribution in [-0.4, -0.2) is 71.0 Å². The molecular weight excluding hydrogens is 385 g/mol. The summed E-state index contributed by atoms with van der Waals surface area (Å²) in [6.07, 6.45) is -0.868. The van der Waals surface area contributed by atoms with E-state index < -0.39 is 48.6 Å². The average Bonchev–Trinajstić information content (AvgIpc) is 3.23. The number of anilines is 1. The molecule has 0 aliphatic carbocycles. The highest BCUT2D eigenvalue weighted by Gasteiger charge is 2.50. The highest BCUT2D eigenvalue weighted by molar-refractivity contribution is 5.99. The molecule has 0 aromatic heterocycles. The molecule has 2 unspecified atom stereocenters. The first kappa shape index (κ1) is 19.3. The predicted octanol–water partition coefficient (Wildman–Crippen LogP) is -0.470. The minimum Gasteiger partial charge on any atom is -0.433 e. The summed E-state index contributed by atoms with van der Waals surface area (Å²) in [5.41, 5.74) is 7.45. The molecule has 1 aromatic rings. The Morgan fingerprint density at radius 1 is 1.38 bits per heavy atom. The van der Waals surface area contributed by atoms with Crippen LogP contribution in [0, 0.1) is 5.82 Å². The van der Waals surface area contributed by atoms with Gasteiger partial charge in [0, 0.05) is 18.7 Å². The molecule has 3 aliphatic rings. The summed E-state index contributed by atoms with van der Waals surface area (Å²) >= 11 is 0. The normalized spacial score (nSPS) is 24.0. The zero-order valence-electron chi connectivity index (χ0n) is 15.4. The van der Waals surface area contributed by atoms with Gasteiger partial charge >= 0.3 is 6.09 Å². The number of aliphatic hydroxyl groups is 2. The molecule has 3 heterocycles. The molecule has 3 atom stereocenters. The van der Waals surface area contributed by atoms with Gasteiger partial charge in [-0.1, -0.05) is 6.08 Å². The number of aliphatic hydroxyl groups excluding tert-OH is 2. The van der Waals surface area contributed by atoms with Crippen LogP contribution in [-0.2, 0) is 20.7 Å². The van der Waals surface area contributed by atoms with Crippen molar-refractivity contribution in [3.8, 4) is 0 Å². The van der Waals surface area contributed by atoms with Crippen molar-refractivity contribution in [3.05, 3.63) is 35.2 Å². The van der Waals surface area contributed by atoms with Gasteiger partial charge in [0.15, 0.2) is 6.10 Å². The van der Waals surface area contributed by atoms with E-state index in [9.17, 15) is 23.9 Å². The Morgan fingerprint density at radius 2 is 2.14 bits per heavy atom. The number of cyclic esters (lactones) is 1. The lowest BCUT2D eigenvalue weighted by Gasteiger charge is -2.28. The Labute approximate surface area is 165 Å². The van der Waals surface area contributed by atoms with Crippen molar-refractivity contribution in [2.75, 3.05) is 24.6 Å². The lowest BCUT2D eigenvalue weighted by molar-refractivity contribution is -0.141. The number of benzene rings is 1. The number of hydrogen-bond acceptors (Lipinski definition) is 6. The van der Waals surface area contributed by atoms with Crippen molar-refractivity contribution in [1.29, 1.82) is 0 Å². The van der Waals surface area contributed by atoms with E-state index in [0.717, 1.165) is 0 Å². The molecule has 1 aromatic carbocycles. The molecule has 9 nitrogen and oxygen atoms in total. The second-order valence-electron chi connectivity index (χ2n) is 7.27. The first-order valence-corrected chi connectivity index (χ1v) is 9.20. The molecule has 0 saturated carbocycles. The van der Waals surface area contributed by atoms with Gasteiger partial charge in [0.05, 0.1) is 18.3 Å². The SMILES string of the molecule is NC(=O)[C@@H]1OC(=O)N2c3cc(F)c(C4=CCN(C(=O)C(O)CO)CC4)cc3CC12. The van der Waals surface area contributed by atoms with Gasteiger partial charge in [0.25, 0.3) is 11.8 Å². The quantitative estimate of drug-likeness (QED) is 0.620. The maximum Gasteiger partial charge on any atom is 0.415 e. The molecular formula is C19H20FN3O6. The van der Waals surface area contributed by atoms with Crippen LogP contribution in [0.5, 0.6) is 0 Å². The van der Waals surface area contributed by atoms with E-state index in [1.165, 1.54) is 15.9 Å². The number of rotatable bonds is 4. The monoisotopic (exact) mass is 405 g/mol. The molecule has 0 radical (unpaired) electrons. The van der Waals surface area contributed by atoms with Gasteiger partial charge in [-0.05, 0) is 36.1 Å². The standard InChI is InChI=1S/C19H20FN3O6/c20-12-7-13-10(6-14-16(17(21)26)29-19(28)23(13)14)5-11(12)9-1-3-22(4-2-9)18(27)15(25)8-24/h1,5,7,14-16,24-25H,2-4,6,8H2,(H2,21,26)/t14?,15?,16-/m1/s1. The van der Waals surface area contributed by atoms with E-state index in [2.05, 4.69) is 0 Å². The zero-order chi connectivity index (χ0) is 20.9. The van der Waals surface area contributed by atoms with E-state index in [0.29, 0.717) is 35.2 Å².